The second-order valence-electron chi connectivity index (χ2n) is 9.15. The van der Waals surface area contributed by atoms with Crippen molar-refractivity contribution in [1.82, 2.24) is 0 Å². The Bertz CT molecular complexity index is 960. The fourth-order valence-electron chi connectivity index (χ4n) is 3.98. The summed E-state index contributed by atoms with van der Waals surface area (Å²) in [4.78, 5) is 0. The van der Waals surface area contributed by atoms with E-state index in [1.807, 2.05) is 0 Å². The molecule has 122 valence electrons. The van der Waals surface area contributed by atoms with Crippen LogP contribution < -0.4 is 0 Å². The number of rotatable bonds is 0. The molecule has 4 rings (SSSR count). The van der Waals surface area contributed by atoms with Crippen molar-refractivity contribution in [3.05, 3.63) is 59.7 Å². The summed E-state index contributed by atoms with van der Waals surface area (Å²) in [6.45, 7) is 13.8. The maximum Gasteiger partial charge on any atom is -0.00234 e. The number of benzene rings is 3. The van der Waals surface area contributed by atoms with Crippen molar-refractivity contribution in [2.24, 2.45) is 0 Å². The van der Waals surface area contributed by atoms with E-state index in [1.54, 1.807) is 0 Å². The topological polar surface area (TPSA) is 0 Å². The highest BCUT2D eigenvalue weighted by Crippen LogP contribution is 2.50. The van der Waals surface area contributed by atoms with Crippen LogP contribution in [0.4, 0.5) is 0 Å². The van der Waals surface area contributed by atoms with Crippen molar-refractivity contribution in [3.8, 4) is 22.3 Å². The average molecular weight is 314 g/mol. The Hall–Kier alpha value is -2.08. The Balaban J connectivity index is 2.06. The van der Waals surface area contributed by atoms with Crippen LogP contribution in [0, 0.1) is 0 Å². The molecule has 0 spiro atoms. The third-order valence-corrected chi connectivity index (χ3v) is 5.31. The van der Waals surface area contributed by atoms with Crippen LogP contribution in [-0.4, -0.2) is 0 Å². The third kappa shape index (κ3) is 2.13. The Labute approximate surface area is 145 Å². The molecule has 0 amide bonds. The van der Waals surface area contributed by atoms with E-state index in [1.165, 1.54) is 44.2 Å². The first-order valence-electron chi connectivity index (χ1n) is 8.89. The molecule has 0 aromatic heterocycles. The minimum absolute atomic E-state index is 0.155. The van der Waals surface area contributed by atoms with E-state index < -0.39 is 0 Å². The van der Waals surface area contributed by atoms with Crippen molar-refractivity contribution in [3.63, 3.8) is 0 Å². The van der Waals surface area contributed by atoms with E-state index in [4.69, 9.17) is 0 Å². The Morgan fingerprint density at radius 1 is 0.583 bits per heavy atom. The van der Waals surface area contributed by atoms with E-state index in [2.05, 4.69) is 90.1 Å². The lowest BCUT2D eigenvalue weighted by atomic mass is 9.82. The van der Waals surface area contributed by atoms with Gasteiger partial charge in [-0.25, -0.2) is 0 Å². The van der Waals surface area contributed by atoms with E-state index in [0.29, 0.717) is 0 Å². The van der Waals surface area contributed by atoms with Gasteiger partial charge in [-0.15, -0.1) is 0 Å². The molecule has 0 heteroatoms. The van der Waals surface area contributed by atoms with Crippen LogP contribution in [0.5, 0.6) is 0 Å². The van der Waals surface area contributed by atoms with Gasteiger partial charge in [-0.2, -0.15) is 0 Å². The van der Waals surface area contributed by atoms with E-state index in [0.717, 1.165) is 0 Å². The van der Waals surface area contributed by atoms with Gasteiger partial charge < -0.3 is 0 Å². The molecule has 0 bridgehead atoms. The van der Waals surface area contributed by atoms with Gasteiger partial charge in [0.2, 0.25) is 0 Å². The first-order chi connectivity index (χ1) is 11.2. The number of hydrogen-bond donors (Lipinski definition) is 0. The van der Waals surface area contributed by atoms with Crippen LogP contribution in [0.15, 0.2) is 48.5 Å². The second-order valence-corrected chi connectivity index (χ2v) is 9.15. The normalized spacial score (nSPS) is 13.4. The lowest BCUT2D eigenvalue weighted by molar-refractivity contribution is 0.590. The maximum atomic E-state index is 2.40. The van der Waals surface area contributed by atoms with Crippen LogP contribution in [0.3, 0.4) is 0 Å². The van der Waals surface area contributed by atoms with Gasteiger partial charge in [-0.05, 0) is 61.0 Å². The molecule has 0 unspecified atom stereocenters. The fraction of sp³-hybridized carbons (Fsp3) is 0.333. The highest BCUT2D eigenvalue weighted by atomic mass is 14.3. The van der Waals surface area contributed by atoms with Crippen molar-refractivity contribution in [1.29, 1.82) is 0 Å². The summed E-state index contributed by atoms with van der Waals surface area (Å²) in [5.41, 5.74) is 8.74. The SMILES string of the molecule is CC(C)(C)c1ccc2c(c1)-c1cccc3c(C(C)(C)C)ccc-2c13. The fourth-order valence-corrected chi connectivity index (χ4v) is 3.98. The van der Waals surface area contributed by atoms with Crippen molar-refractivity contribution >= 4 is 10.8 Å². The van der Waals surface area contributed by atoms with E-state index in [9.17, 15) is 0 Å². The summed E-state index contributed by atoms with van der Waals surface area (Å²) in [5, 5.41) is 2.84. The first-order valence-corrected chi connectivity index (χ1v) is 8.89. The quantitative estimate of drug-likeness (QED) is 0.325. The molecule has 3 aromatic rings. The minimum atomic E-state index is 0.155. The molecule has 1 aliphatic carbocycles. The highest BCUT2D eigenvalue weighted by Gasteiger charge is 2.26. The van der Waals surface area contributed by atoms with Crippen molar-refractivity contribution < 1.29 is 0 Å². The van der Waals surface area contributed by atoms with Crippen LogP contribution in [0.25, 0.3) is 33.0 Å². The Morgan fingerprint density at radius 2 is 1.25 bits per heavy atom. The summed E-state index contributed by atoms with van der Waals surface area (Å²) in [5.74, 6) is 0. The predicted molar refractivity (Wildman–Crippen MR) is 106 cm³/mol. The molecule has 0 fully saturated rings. The van der Waals surface area contributed by atoms with Gasteiger partial charge in [-0.3, -0.25) is 0 Å². The molecule has 1 aliphatic rings. The first kappa shape index (κ1) is 15.4. The molecule has 0 heterocycles. The van der Waals surface area contributed by atoms with Gasteiger partial charge in [0, 0.05) is 0 Å². The zero-order chi connectivity index (χ0) is 17.3. The summed E-state index contributed by atoms with van der Waals surface area (Å²) >= 11 is 0. The lowest BCUT2D eigenvalue weighted by Crippen LogP contribution is -2.11. The zero-order valence-corrected chi connectivity index (χ0v) is 15.6. The molecule has 0 nitrogen and oxygen atoms in total. The van der Waals surface area contributed by atoms with Crippen molar-refractivity contribution in [2.45, 2.75) is 52.4 Å². The standard InChI is InChI=1S/C24H26/c1-23(2,3)15-10-11-16-18-12-13-21(24(4,5)6)19-9-7-8-17(22(18)19)20(16)14-15/h7-14H,1-6H3. The lowest BCUT2D eigenvalue weighted by Gasteiger charge is -2.22. The highest BCUT2D eigenvalue weighted by molar-refractivity contribution is 6.16. The molecule has 24 heavy (non-hydrogen) atoms. The molecule has 0 atom stereocenters. The molecular weight excluding hydrogens is 288 g/mol. The smallest absolute Gasteiger partial charge is 0.00234 e. The number of hydrogen-bond acceptors (Lipinski definition) is 0. The third-order valence-electron chi connectivity index (χ3n) is 5.31. The zero-order valence-electron chi connectivity index (χ0n) is 15.6. The molecular formula is C24H26. The van der Waals surface area contributed by atoms with Gasteiger partial charge in [0.25, 0.3) is 0 Å². The van der Waals surface area contributed by atoms with Gasteiger partial charge >= 0.3 is 0 Å². The maximum absolute atomic E-state index is 2.40. The summed E-state index contributed by atoms with van der Waals surface area (Å²) in [6, 6.07) is 18.5. The number of fused-ring (bicyclic) bond motifs is 3. The Kier molecular flexibility index (Phi) is 3.04. The van der Waals surface area contributed by atoms with E-state index >= 15 is 0 Å². The van der Waals surface area contributed by atoms with E-state index in [-0.39, 0.29) is 10.8 Å². The van der Waals surface area contributed by atoms with Crippen LogP contribution in [0.2, 0.25) is 0 Å². The van der Waals surface area contributed by atoms with Gasteiger partial charge in [0.1, 0.15) is 0 Å². The predicted octanol–water partition coefficient (Wildman–Crippen LogP) is 7.08. The second kappa shape index (κ2) is 4.72. The van der Waals surface area contributed by atoms with Crippen LogP contribution in [0.1, 0.15) is 52.7 Å². The van der Waals surface area contributed by atoms with Crippen molar-refractivity contribution in [2.75, 3.05) is 0 Å². The molecule has 0 saturated heterocycles. The largest absolute Gasteiger partial charge is 0.0610 e. The average Bonchev–Trinajstić information content (AvgIpc) is 2.82. The van der Waals surface area contributed by atoms with Gasteiger partial charge in [0.05, 0.1) is 0 Å². The van der Waals surface area contributed by atoms with Crippen LogP contribution >= 0.6 is 0 Å². The monoisotopic (exact) mass is 314 g/mol. The molecule has 0 aliphatic heterocycles. The molecule has 3 aromatic carbocycles. The van der Waals surface area contributed by atoms with Gasteiger partial charge in [0.15, 0.2) is 0 Å². The molecule has 0 N–H and O–H groups in total. The minimum Gasteiger partial charge on any atom is -0.0610 e. The van der Waals surface area contributed by atoms with Gasteiger partial charge in [-0.1, -0.05) is 84.0 Å². The molecule has 0 radical (unpaired) electrons. The summed E-state index contributed by atoms with van der Waals surface area (Å²) in [7, 11) is 0. The molecule has 0 saturated carbocycles. The summed E-state index contributed by atoms with van der Waals surface area (Å²) in [6.07, 6.45) is 0. The Morgan fingerprint density at radius 3 is 1.92 bits per heavy atom. The summed E-state index contributed by atoms with van der Waals surface area (Å²) < 4.78 is 0. The van der Waals surface area contributed by atoms with Crippen LogP contribution in [-0.2, 0) is 10.8 Å².